The molecular weight excluding hydrogens is 174 g/mol. The summed E-state index contributed by atoms with van der Waals surface area (Å²) in [5.41, 5.74) is 0. The molecule has 0 aromatic rings. The minimum Gasteiger partial charge on any atom is -0.392 e. The fourth-order valence-corrected chi connectivity index (χ4v) is 3.01. The largest absolute Gasteiger partial charge is 0.392 e. The highest BCUT2D eigenvalue weighted by molar-refractivity contribution is 4.92. The van der Waals surface area contributed by atoms with Crippen molar-refractivity contribution in [2.75, 3.05) is 13.1 Å². The number of hydrogen-bond donors (Lipinski definition) is 1. The number of aliphatic hydroxyl groups is 1. The topological polar surface area (TPSA) is 23.5 Å². The Balaban J connectivity index is 1.86. The van der Waals surface area contributed by atoms with E-state index in [1.165, 1.54) is 32.2 Å². The molecule has 1 saturated carbocycles. The van der Waals surface area contributed by atoms with Crippen LogP contribution in [0, 0.1) is 11.8 Å². The maximum absolute atomic E-state index is 9.87. The number of likely N-dealkylation sites (tertiary alicyclic amines) is 1. The second kappa shape index (κ2) is 4.19. The van der Waals surface area contributed by atoms with E-state index in [9.17, 15) is 5.11 Å². The van der Waals surface area contributed by atoms with Gasteiger partial charge in [-0.15, -0.1) is 0 Å². The van der Waals surface area contributed by atoms with Crippen LogP contribution in [0.1, 0.15) is 39.5 Å². The summed E-state index contributed by atoms with van der Waals surface area (Å²) < 4.78 is 0. The van der Waals surface area contributed by atoms with Gasteiger partial charge in [-0.25, -0.2) is 0 Å². The van der Waals surface area contributed by atoms with Crippen molar-refractivity contribution in [2.24, 2.45) is 11.8 Å². The monoisotopic (exact) mass is 197 g/mol. The summed E-state index contributed by atoms with van der Waals surface area (Å²) in [6, 6.07) is 0.809. The fraction of sp³-hybridized carbons (Fsp3) is 1.00. The van der Waals surface area contributed by atoms with E-state index in [0.29, 0.717) is 5.92 Å². The van der Waals surface area contributed by atoms with Crippen molar-refractivity contribution in [3.8, 4) is 0 Å². The van der Waals surface area contributed by atoms with E-state index in [1.54, 1.807) is 0 Å². The van der Waals surface area contributed by atoms with E-state index >= 15 is 0 Å². The lowest BCUT2D eigenvalue weighted by Gasteiger charge is -2.27. The average Bonchev–Trinajstić information content (AvgIpc) is 2.69. The van der Waals surface area contributed by atoms with Crippen molar-refractivity contribution in [3.05, 3.63) is 0 Å². The zero-order valence-corrected chi connectivity index (χ0v) is 9.45. The van der Waals surface area contributed by atoms with Gasteiger partial charge in [0.25, 0.3) is 0 Å². The Morgan fingerprint density at radius 1 is 1.29 bits per heavy atom. The number of aliphatic hydroxyl groups excluding tert-OH is 1. The molecule has 2 aliphatic rings. The number of nitrogens with zero attached hydrogens (tertiary/aromatic N) is 1. The van der Waals surface area contributed by atoms with Gasteiger partial charge in [-0.1, -0.05) is 20.3 Å². The number of β-amino-alcohol motifs (C(OH)–C–C–N with tert-alkyl or cyclic N) is 1. The first-order valence-electron chi connectivity index (χ1n) is 6.10. The van der Waals surface area contributed by atoms with Crippen LogP contribution in [-0.2, 0) is 0 Å². The maximum atomic E-state index is 9.87. The summed E-state index contributed by atoms with van der Waals surface area (Å²) in [5.74, 6) is 1.35. The second-order valence-electron chi connectivity index (χ2n) is 5.35. The summed E-state index contributed by atoms with van der Waals surface area (Å²) in [5, 5.41) is 9.87. The Morgan fingerprint density at radius 3 is 2.79 bits per heavy atom. The van der Waals surface area contributed by atoms with Crippen LogP contribution in [0.5, 0.6) is 0 Å². The zero-order chi connectivity index (χ0) is 10.1. The van der Waals surface area contributed by atoms with Gasteiger partial charge in [0.1, 0.15) is 0 Å². The van der Waals surface area contributed by atoms with Gasteiger partial charge in [-0.2, -0.15) is 0 Å². The third-order valence-corrected chi connectivity index (χ3v) is 4.07. The first-order valence-corrected chi connectivity index (χ1v) is 6.10. The molecule has 82 valence electrons. The van der Waals surface area contributed by atoms with E-state index in [1.807, 2.05) is 0 Å². The lowest BCUT2D eigenvalue weighted by atomic mass is 10.0. The highest BCUT2D eigenvalue weighted by Gasteiger charge is 2.37. The van der Waals surface area contributed by atoms with Crippen LogP contribution in [0.2, 0.25) is 0 Å². The summed E-state index contributed by atoms with van der Waals surface area (Å²) in [7, 11) is 0. The van der Waals surface area contributed by atoms with E-state index in [2.05, 4.69) is 18.7 Å². The highest BCUT2D eigenvalue weighted by Crippen LogP contribution is 2.37. The van der Waals surface area contributed by atoms with Gasteiger partial charge < -0.3 is 5.11 Å². The van der Waals surface area contributed by atoms with Crippen LogP contribution in [0.25, 0.3) is 0 Å². The molecule has 3 unspecified atom stereocenters. The molecule has 0 radical (unpaired) electrons. The Kier molecular flexibility index (Phi) is 3.13. The Hall–Kier alpha value is -0.0800. The lowest BCUT2D eigenvalue weighted by Crippen LogP contribution is -2.38. The third-order valence-electron chi connectivity index (χ3n) is 4.07. The number of hydrogen-bond acceptors (Lipinski definition) is 2. The second-order valence-corrected chi connectivity index (χ2v) is 5.35. The van der Waals surface area contributed by atoms with Crippen molar-refractivity contribution in [2.45, 2.75) is 51.7 Å². The molecule has 0 bridgehead atoms. The van der Waals surface area contributed by atoms with Crippen LogP contribution >= 0.6 is 0 Å². The molecule has 2 nitrogen and oxygen atoms in total. The molecule has 1 heterocycles. The maximum Gasteiger partial charge on any atom is 0.0690 e. The van der Waals surface area contributed by atoms with Gasteiger partial charge in [0, 0.05) is 12.6 Å². The molecule has 1 aliphatic heterocycles. The quantitative estimate of drug-likeness (QED) is 0.746. The van der Waals surface area contributed by atoms with Gasteiger partial charge in [0.05, 0.1) is 6.10 Å². The van der Waals surface area contributed by atoms with E-state index in [0.717, 1.165) is 18.5 Å². The van der Waals surface area contributed by atoms with Crippen LogP contribution < -0.4 is 0 Å². The summed E-state index contributed by atoms with van der Waals surface area (Å²) in [6.07, 6.45) is 5.45. The molecule has 1 saturated heterocycles. The molecule has 2 heteroatoms. The standard InChI is InChI=1S/C12H23NO/c1-9(2)12(14)8-13-7-6-10-4-3-5-11(10)13/h9-12,14H,3-8H2,1-2H3. The van der Waals surface area contributed by atoms with Gasteiger partial charge in [0.15, 0.2) is 0 Å². The molecule has 3 atom stereocenters. The number of fused-ring (bicyclic) bond motifs is 1. The smallest absolute Gasteiger partial charge is 0.0690 e. The molecule has 14 heavy (non-hydrogen) atoms. The Morgan fingerprint density at radius 2 is 2.07 bits per heavy atom. The molecule has 0 amide bonds. The molecule has 1 aliphatic carbocycles. The van der Waals surface area contributed by atoms with Gasteiger partial charge in [0.2, 0.25) is 0 Å². The number of rotatable bonds is 3. The third kappa shape index (κ3) is 1.96. The molecule has 0 aromatic carbocycles. The fourth-order valence-electron chi connectivity index (χ4n) is 3.01. The molecule has 0 aromatic heterocycles. The van der Waals surface area contributed by atoms with Gasteiger partial charge >= 0.3 is 0 Å². The van der Waals surface area contributed by atoms with Crippen molar-refractivity contribution >= 4 is 0 Å². The Bertz CT molecular complexity index is 193. The molecule has 0 spiro atoms. The van der Waals surface area contributed by atoms with E-state index in [-0.39, 0.29) is 6.10 Å². The molecule has 2 rings (SSSR count). The van der Waals surface area contributed by atoms with Crippen molar-refractivity contribution < 1.29 is 5.11 Å². The minimum atomic E-state index is -0.130. The molecular formula is C12H23NO. The van der Waals surface area contributed by atoms with Crippen LogP contribution in [0.3, 0.4) is 0 Å². The first-order chi connectivity index (χ1) is 6.68. The lowest BCUT2D eigenvalue weighted by molar-refractivity contribution is 0.0694. The average molecular weight is 197 g/mol. The van der Waals surface area contributed by atoms with Crippen LogP contribution in [0.15, 0.2) is 0 Å². The van der Waals surface area contributed by atoms with E-state index < -0.39 is 0 Å². The van der Waals surface area contributed by atoms with Gasteiger partial charge in [-0.3, -0.25) is 4.90 Å². The predicted octanol–water partition coefficient (Wildman–Crippen LogP) is 1.88. The SMILES string of the molecule is CC(C)C(O)CN1CCC2CCCC21. The normalized spacial score (nSPS) is 35.1. The predicted molar refractivity (Wildman–Crippen MR) is 58.2 cm³/mol. The zero-order valence-electron chi connectivity index (χ0n) is 9.45. The minimum absolute atomic E-state index is 0.130. The van der Waals surface area contributed by atoms with Crippen molar-refractivity contribution in [3.63, 3.8) is 0 Å². The van der Waals surface area contributed by atoms with Gasteiger partial charge in [-0.05, 0) is 37.6 Å². The van der Waals surface area contributed by atoms with Crippen molar-refractivity contribution in [1.29, 1.82) is 0 Å². The molecule has 1 N–H and O–H groups in total. The summed E-state index contributed by atoms with van der Waals surface area (Å²) in [6.45, 7) is 6.33. The van der Waals surface area contributed by atoms with Crippen LogP contribution in [0.4, 0.5) is 0 Å². The Labute approximate surface area is 87.3 Å². The summed E-state index contributed by atoms with van der Waals surface area (Å²) in [4.78, 5) is 2.53. The first kappa shape index (κ1) is 10.4. The molecule has 2 fully saturated rings. The van der Waals surface area contributed by atoms with Crippen molar-refractivity contribution in [1.82, 2.24) is 4.90 Å². The van der Waals surface area contributed by atoms with Crippen LogP contribution in [-0.4, -0.2) is 35.2 Å². The highest BCUT2D eigenvalue weighted by atomic mass is 16.3. The van der Waals surface area contributed by atoms with E-state index in [4.69, 9.17) is 0 Å². The summed E-state index contributed by atoms with van der Waals surface area (Å²) >= 11 is 0.